The van der Waals surface area contributed by atoms with Crippen LogP contribution >= 0.6 is 0 Å². The van der Waals surface area contributed by atoms with Crippen molar-refractivity contribution in [3.63, 3.8) is 0 Å². The molecule has 0 bridgehead atoms. The Balaban J connectivity index is 2.59. The summed E-state index contributed by atoms with van der Waals surface area (Å²) < 4.78 is 11.8. The molecule has 4 heteroatoms. The quantitative estimate of drug-likeness (QED) is 0.573. The molecule has 2 aromatic carbocycles. The van der Waals surface area contributed by atoms with E-state index in [0.717, 1.165) is 6.29 Å². The van der Waals surface area contributed by atoms with Gasteiger partial charge in [-0.15, -0.1) is 0 Å². The van der Waals surface area contributed by atoms with Crippen LogP contribution in [0.25, 0.3) is 0 Å². The lowest BCUT2D eigenvalue weighted by molar-refractivity contribution is -0.118. The van der Waals surface area contributed by atoms with Gasteiger partial charge in [0.15, 0.2) is 6.29 Å². The third-order valence-corrected chi connectivity index (χ3v) is 9.34. The molecule has 24 heavy (non-hydrogen) atoms. The molecule has 0 N–H and O–H groups in total. The summed E-state index contributed by atoms with van der Waals surface area (Å²) in [4.78, 5) is 11.2. The highest BCUT2D eigenvalue weighted by Gasteiger charge is 2.50. The molecule has 0 fully saturated rings. The summed E-state index contributed by atoms with van der Waals surface area (Å²) >= 11 is 0. The van der Waals surface area contributed by atoms with E-state index in [-0.39, 0.29) is 11.6 Å². The van der Waals surface area contributed by atoms with Crippen molar-refractivity contribution in [2.75, 3.05) is 13.7 Å². The predicted molar refractivity (Wildman–Crippen MR) is 100 cm³/mol. The number of hydrogen-bond donors (Lipinski definition) is 0. The van der Waals surface area contributed by atoms with Crippen molar-refractivity contribution >= 4 is 25.0 Å². The fourth-order valence-corrected chi connectivity index (χ4v) is 7.70. The number of carbonyl (C=O) groups excluding carboxylic acids is 1. The molecule has 0 aromatic heterocycles. The summed E-state index contributed by atoms with van der Waals surface area (Å²) in [5.74, 6) is 0. The molecule has 0 radical (unpaired) electrons. The molecule has 0 aliphatic rings. The Kier molecular flexibility index (Phi) is 6.10. The molecule has 128 valence electrons. The summed E-state index contributed by atoms with van der Waals surface area (Å²) in [6.45, 7) is 6.89. The smallest absolute Gasteiger partial charge is 0.261 e. The first-order valence-corrected chi connectivity index (χ1v) is 10.1. The van der Waals surface area contributed by atoms with Gasteiger partial charge in [-0.2, -0.15) is 0 Å². The largest absolute Gasteiger partial charge is 0.404 e. The van der Waals surface area contributed by atoms with E-state index < -0.39 is 14.4 Å². The van der Waals surface area contributed by atoms with E-state index >= 15 is 0 Å². The Morgan fingerprint density at radius 2 is 1.42 bits per heavy atom. The second kappa shape index (κ2) is 7.88. The summed E-state index contributed by atoms with van der Waals surface area (Å²) in [7, 11) is -1.05. The molecule has 2 aromatic rings. The molecule has 0 saturated carbocycles. The van der Waals surface area contributed by atoms with Crippen molar-refractivity contribution in [2.24, 2.45) is 0 Å². The van der Waals surface area contributed by atoms with Gasteiger partial charge in [0.1, 0.15) is 6.10 Å². The van der Waals surface area contributed by atoms with E-state index in [2.05, 4.69) is 45.0 Å². The molecule has 1 atom stereocenters. The highest BCUT2D eigenvalue weighted by molar-refractivity contribution is 6.99. The minimum atomic E-state index is -2.58. The lowest BCUT2D eigenvalue weighted by atomic mass is 10.2. The van der Waals surface area contributed by atoms with Crippen LogP contribution < -0.4 is 10.4 Å². The molecule has 0 spiro atoms. The molecule has 1 unspecified atom stereocenters. The first-order chi connectivity index (χ1) is 11.5. The molecule has 0 heterocycles. The second-order valence-electron chi connectivity index (χ2n) is 6.88. The monoisotopic (exact) mass is 342 g/mol. The molecule has 0 aliphatic carbocycles. The standard InChI is InChI=1S/C20H26O3Si/c1-20(2,3)24(18-11-7-5-8-12-18,19-13-9-6-10-14-19)23-16-17(15-21)22-4/h5-15,17H,16H2,1-4H3. The van der Waals surface area contributed by atoms with Crippen LogP contribution in [-0.4, -0.2) is 34.4 Å². The Labute approximate surface area is 145 Å². The average Bonchev–Trinajstić information content (AvgIpc) is 2.59. The van der Waals surface area contributed by atoms with Crippen LogP contribution in [-0.2, 0) is 14.0 Å². The Hall–Kier alpha value is -1.75. The third-order valence-electron chi connectivity index (χ3n) is 4.34. The van der Waals surface area contributed by atoms with Gasteiger partial charge in [-0.1, -0.05) is 81.4 Å². The molecule has 0 saturated heterocycles. The van der Waals surface area contributed by atoms with Gasteiger partial charge in [0, 0.05) is 7.11 Å². The summed E-state index contributed by atoms with van der Waals surface area (Å²) in [6, 6.07) is 20.7. The first kappa shape index (κ1) is 18.6. The molecule has 0 amide bonds. The van der Waals surface area contributed by atoms with Gasteiger partial charge < -0.3 is 14.0 Å². The van der Waals surface area contributed by atoms with Crippen LogP contribution in [0.4, 0.5) is 0 Å². The lowest BCUT2D eigenvalue weighted by Gasteiger charge is -2.43. The summed E-state index contributed by atoms with van der Waals surface area (Å²) in [5, 5.41) is 2.30. The van der Waals surface area contributed by atoms with Crippen molar-refractivity contribution in [1.82, 2.24) is 0 Å². The van der Waals surface area contributed by atoms with Crippen LogP contribution in [0.5, 0.6) is 0 Å². The van der Waals surface area contributed by atoms with Crippen LogP contribution in [0.1, 0.15) is 20.8 Å². The molecule has 2 rings (SSSR count). The Morgan fingerprint density at radius 1 is 0.958 bits per heavy atom. The Bertz CT molecular complexity index is 595. The lowest BCUT2D eigenvalue weighted by Crippen LogP contribution is -2.67. The van der Waals surface area contributed by atoms with E-state index in [1.807, 2.05) is 36.4 Å². The predicted octanol–water partition coefficient (Wildman–Crippen LogP) is 2.78. The van der Waals surface area contributed by atoms with E-state index in [1.54, 1.807) is 0 Å². The highest BCUT2D eigenvalue weighted by Crippen LogP contribution is 2.36. The minimum Gasteiger partial charge on any atom is -0.404 e. The number of methoxy groups -OCH3 is 1. The SMILES string of the molecule is COC(C=O)CO[Si](c1ccccc1)(c1ccccc1)C(C)(C)C. The van der Waals surface area contributed by atoms with Crippen molar-refractivity contribution < 1.29 is 14.0 Å². The van der Waals surface area contributed by atoms with Crippen LogP contribution in [0.2, 0.25) is 5.04 Å². The van der Waals surface area contributed by atoms with Gasteiger partial charge in [-0.3, -0.25) is 0 Å². The number of carbonyl (C=O) groups is 1. The zero-order valence-corrected chi connectivity index (χ0v) is 15.9. The van der Waals surface area contributed by atoms with Crippen LogP contribution in [0, 0.1) is 0 Å². The fraction of sp³-hybridized carbons (Fsp3) is 0.350. The second-order valence-corrected chi connectivity index (χ2v) is 11.2. The first-order valence-electron chi connectivity index (χ1n) is 8.19. The van der Waals surface area contributed by atoms with Gasteiger partial charge in [-0.05, 0) is 15.4 Å². The highest BCUT2D eigenvalue weighted by atomic mass is 28.4. The number of rotatable bonds is 7. The molecular formula is C20H26O3Si. The maximum atomic E-state index is 11.2. The minimum absolute atomic E-state index is 0.100. The van der Waals surface area contributed by atoms with Gasteiger partial charge in [0.25, 0.3) is 8.32 Å². The van der Waals surface area contributed by atoms with E-state index in [4.69, 9.17) is 9.16 Å². The van der Waals surface area contributed by atoms with Gasteiger partial charge in [0.05, 0.1) is 6.61 Å². The van der Waals surface area contributed by atoms with Crippen molar-refractivity contribution in [2.45, 2.75) is 31.9 Å². The van der Waals surface area contributed by atoms with Gasteiger partial charge in [-0.25, -0.2) is 0 Å². The molecule has 0 aliphatic heterocycles. The molecule has 3 nitrogen and oxygen atoms in total. The van der Waals surface area contributed by atoms with Crippen LogP contribution in [0.3, 0.4) is 0 Å². The number of hydrogen-bond acceptors (Lipinski definition) is 3. The number of ether oxygens (including phenoxy) is 1. The topological polar surface area (TPSA) is 35.5 Å². The normalized spacial score (nSPS) is 13.5. The fourth-order valence-electron chi connectivity index (χ4n) is 3.13. The van der Waals surface area contributed by atoms with Gasteiger partial charge in [0.2, 0.25) is 0 Å². The van der Waals surface area contributed by atoms with E-state index in [9.17, 15) is 4.79 Å². The average molecular weight is 343 g/mol. The van der Waals surface area contributed by atoms with E-state index in [0.29, 0.717) is 0 Å². The van der Waals surface area contributed by atoms with Gasteiger partial charge >= 0.3 is 0 Å². The zero-order chi connectivity index (χ0) is 17.6. The maximum Gasteiger partial charge on any atom is 0.261 e. The van der Waals surface area contributed by atoms with Crippen molar-refractivity contribution in [3.8, 4) is 0 Å². The number of benzene rings is 2. The number of aldehydes is 1. The van der Waals surface area contributed by atoms with E-state index in [1.165, 1.54) is 17.5 Å². The van der Waals surface area contributed by atoms with Crippen LogP contribution in [0.15, 0.2) is 60.7 Å². The van der Waals surface area contributed by atoms with Crippen molar-refractivity contribution in [3.05, 3.63) is 60.7 Å². The van der Waals surface area contributed by atoms with Crippen molar-refractivity contribution in [1.29, 1.82) is 0 Å². The summed E-state index contributed by atoms with van der Waals surface area (Å²) in [6.07, 6.45) is 0.254. The molecular weight excluding hydrogens is 316 g/mol. The third kappa shape index (κ3) is 3.66. The Morgan fingerprint density at radius 3 is 1.75 bits per heavy atom. The summed E-state index contributed by atoms with van der Waals surface area (Å²) in [5.41, 5.74) is 0. The zero-order valence-electron chi connectivity index (χ0n) is 14.9. The maximum absolute atomic E-state index is 11.2.